The van der Waals surface area contributed by atoms with E-state index in [2.05, 4.69) is 37.9 Å². The number of halogens is 1. The fraction of sp³-hybridized carbons (Fsp3) is 0.353. The molecule has 4 heteroatoms. The molecule has 2 N–H and O–H groups in total. The zero-order chi connectivity index (χ0) is 15.6. The van der Waals surface area contributed by atoms with Crippen molar-refractivity contribution in [2.24, 2.45) is 0 Å². The highest BCUT2D eigenvalue weighted by Crippen LogP contribution is 2.32. The maximum absolute atomic E-state index is 6.13. The first-order valence-electron chi connectivity index (χ1n) is 6.92. The number of anilines is 1. The minimum atomic E-state index is 0.00989. The fourth-order valence-electron chi connectivity index (χ4n) is 2.12. The van der Waals surface area contributed by atoms with Crippen LogP contribution in [0, 0.1) is 6.92 Å². The first-order chi connectivity index (χ1) is 9.77. The number of aryl methyl sites for hydroxylation is 1. The average Bonchev–Trinajstić information content (AvgIpc) is 2.38. The number of nitrogens with two attached hydrogens (primary N) is 1. The molecule has 1 heterocycles. The smallest absolute Gasteiger partial charge is 0.132 e. The van der Waals surface area contributed by atoms with Crippen LogP contribution in [0.3, 0.4) is 0 Å². The monoisotopic (exact) mass is 304 g/mol. The second kappa shape index (κ2) is 5.94. The molecule has 0 bridgehead atoms. The third kappa shape index (κ3) is 3.88. The number of ether oxygens (including phenoxy) is 1. The van der Waals surface area contributed by atoms with Crippen molar-refractivity contribution < 1.29 is 4.74 Å². The summed E-state index contributed by atoms with van der Waals surface area (Å²) in [6.07, 6.45) is 0. The maximum Gasteiger partial charge on any atom is 0.132 e. The van der Waals surface area contributed by atoms with Gasteiger partial charge in [0.1, 0.15) is 18.2 Å². The Balaban J connectivity index is 2.27. The van der Waals surface area contributed by atoms with Crippen molar-refractivity contribution in [2.75, 3.05) is 5.73 Å². The summed E-state index contributed by atoms with van der Waals surface area (Å²) in [6, 6.07) is 9.67. The van der Waals surface area contributed by atoms with Crippen LogP contribution in [-0.2, 0) is 12.0 Å². The van der Waals surface area contributed by atoms with Crippen LogP contribution in [0.25, 0.3) is 0 Å². The van der Waals surface area contributed by atoms with E-state index < -0.39 is 0 Å². The normalized spacial score (nSPS) is 11.5. The number of nitrogens with zero attached hydrogens (tertiary/aromatic N) is 1. The van der Waals surface area contributed by atoms with Gasteiger partial charge in [-0.2, -0.15) is 0 Å². The van der Waals surface area contributed by atoms with Crippen LogP contribution in [0.15, 0.2) is 30.3 Å². The highest BCUT2D eigenvalue weighted by atomic mass is 35.5. The lowest BCUT2D eigenvalue weighted by molar-refractivity contribution is 0.293. The Morgan fingerprint density at radius 3 is 2.57 bits per heavy atom. The Bertz CT molecular complexity index is 648. The number of rotatable bonds is 3. The summed E-state index contributed by atoms with van der Waals surface area (Å²) in [5.74, 6) is 1.31. The summed E-state index contributed by atoms with van der Waals surface area (Å²) in [4.78, 5) is 4.22. The van der Waals surface area contributed by atoms with Gasteiger partial charge in [-0.3, -0.25) is 0 Å². The van der Waals surface area contributed by atoms with E-state index in [1.165, 1.54) is 0 Å². The molecule has 0 unspecified atom stereocenters. The number of aromatic nitrogens is 1. The second-order valence-corrected chi connectivity index (χ2v) is 6.61. The Morgan fingerprint density at radius 2 is 1.90 bits per heavy atom. The van der Waals surface area contributed by atoms with Gasteiger partial charge in [-0.05, 0) is 41.7 Å². The molecule has 0 aliphatic heterocycles. The van der Waals surface area contributed by atoms with Crippen molar-refractivity contribution in [1.29, 1.82) is 0 Å². The second-order valence-electron chi connectivity index (χ2n) is 6.20. The van der Waals surface area contributed by atoms with Gasteiger partial charge in [0.2, 0.25) is 0 Å². The van der Waals surface area contributed by atoms with Crippen LogP contribution in [-0.4, -0.2) is 4.98 Å². The van der Waals surface area contributed by atoms with Crippen molar-refractivity contribution >= 4 is 17.4 Å². The van der Waals surface area contributed by atoms with E-state index in [9.17, 15) is 0 Å². The van der Waals surface area contributed by atoms with Crippen molar-refractivity contribution in [1.82, 2.24) is 4.98 Å². The molecule has 0 aliphatic rings. The molecule has 1 aromatic heterocycles. The molecule has 112 valence electrons. The summed E-state index contributed by atoms with van der Waals surface area (Å²) < 4.78 is 5.96. The SMILES string of the molecule is Cc1ccc(C(C)(C)C)c(OCc2nc(N)ccc2Cl)c1. The molecule has 0 radical (unpaired) electrons. The number of hydrogen-bond donors (Lipinski definition) is 1. The molecule has 0 fully saturated rings. The first-order valence-corrected chi connectivity index (χ1v) is 7.30. The van der Waals surface area contributed by atoms with Gasteiger partial charge in [0.05, 0.1) is 10.7 Å². The Labute approximate surface area is 131 Å². The van der Waals surface area contributed by atoms with Crippen LogP contribution in [0.1, 0.15) is 37.6 Å². The summed E-state index contributed by atoms with van der Waals surface area (Å²) in [7, 11) is 0. The van der Waals surface area contributed by atoms with Gasteiger partial charge in [0.25, 0.3) is 0 Å². The third-order valence-corrected chi connectivity index (χ3v) is 3.59. The zero-order valence-electron chi connectivity index (χ0n) is 12.9. The van der Waals surface area contributed by atoms with Gasteiger partial charge in [-0.15, -0.1) is 0 Å². The largest absolute Gasteiger partial charge is 0.487 e. The molecule has 3 nitrogen and oxygen atoms in total. The highest BCUT2D eigenvalue weighted by Gasteiger charge is 2.19. The number of pyridine rings is 1. The number of benzene rings is 1. The summed E-state index contributed by atoms with van der Waals surface area (Å²) in [6.45, 7) is 8.84. The zero-order valence-corrected chi connectivity index (χ0v) is 13.7. The Kier molecular flexibility index (Phi) is 4.43. The van der Waals surface area contributed by atoms with E-state index in [0.29, 0.717) is 23.1 Å². The lowest BCUT2D eigenvalue weighted by Crippen LogP contribution is -2.14. The third-order valence-electron chi connectivity index (χ3n) is 3.25. The maximum atomic E-state index is 6.13. The lowest BCUT2D eigenvalue weighted by Gasteiger charge is -2.23. The van der Waals surface area contributed by atoms with Gasteiger partial charge in [-0.25, -0.2) is 4.98 Å². The lowest BCUT2D eigenvalue weighted by atomic mass is 9.86. The van der Waals surface area contributed by atoms with E-state index in [4.69, 9.17) is 22.1 Å². The molecule has 0 amide bonds. The molecule has 0 saturated heterocycles. The predicted octanol–water partition coefficient (Wildman–Crippen LogP) is 4.50. The van der Waals surface area contributed by atoms with Gasteiger partial charge in [0, 0.05) is 0 Å². The standard InChI is InChI=1S/C17H21ClN2O/c1-11-5-6-12(17(2,3)4)15(9-11)21-10-14-13(18)7-8-16(19)20-14/h5-9H,10H2,1-4H3,(H2,19,20). The van der Waals surface area contributed by atoms with Crippen LogP contribution in [0.5, 0.6) is 5.75 Å². The van der Waals surface area contributed by atoms with Gasteiger partial charge in [-0.1, -0.05) is 44.5 Å². The van der Waals surface area contributed by atoms with E-state index in [0.717, 1.165) is 16.9 Å². The van der Waals surface area contributed by atoms with Gasteiger partial charge in [0.15, 0.2) is 0 Å². The van der Waals surface area contributed by atoms with Crippen LogP contribution >= 0.6 is 11.6 Å². The molecule has 2 aromatic rings. The summed E-state index contributed by atoms with van der Waals surface area (Å²) in [5.41, 5.74) is 8.67. The topological polar surface area (TPSA) is 48.1 Å². The molecular weight excluding hydrogens is 284 g/mol. The van der Waals surface area contributed by atoms with Crippen LogP contribution in [0.4, 0.5) is 5.82 Å². The minimum Gasteiger partial charge on any atom is -0.487 e. The van der Waals surface area contributed by atoms with Crippen LogP contribution < -0.4 is 10.5 Å². The molecule has 2 rings (SSSR count). The Hall–Kier alpha value is -1.74. The quantitative estimate of drug-likeness (QED) is 0.908. The van der Waals surface area contributed by atoms with E-state index >= 15 is 0 Å². The molecule has 0 atom stereocenters. The molecule has 0 saturated carbocycles. The average molecular weight is 305 g/mol. The van der Waals surface area contributed by atoms with E-state index in [1.807, 2.05) is 13.0 Å². The van der Waals surface area contributed by atoms with E-state index in [-0.39, 0.29) is 5.41 Å². The van der Waals surface area contributed by atoms with Crippen molar-refractivity contribution in [3.63, 3.8) is 0 Å². The van der Waals surface area contributed by atoms with E-state index in [1.54, 1.807) is 12.1 Å². The molecule has 0 spiro atoms. The van der Waals surface area contributed by atoms with Crippen molar-refractivity contribution in [3.8, 4) is 5.75 Å². The highest BCUT2D eigenvalue weighted by molar-refractivity contribution is 6.31. The van der Waals surface area contributed by atoms with Gasteiger partial charge >= 0.3 is 0 Å². The molecule has 21 heavy (non-hydrogen) atoms. The summed E-state index contributed by atoms with van der Waals surface area (Å²) >= 11 is 6.13. The van der Waals surface area contributed by atoms with Crippen molar-refractivity contribution in [3.05, 3.63) is 52.2 Å². The molecular formula is C17H21ClN2O. The molecule has 0 aliphatic carbocycles. The fourth-order valence-corrected chi connectivity index (χ4v) is 2.28. The predicted molar refractivity (Wildman–Crippen MR) is 87.9 cm³/mol. The van der Waals surface area contributed by atoms with Crippen molar-refractivity contribution in [2.45, 2.75) is 39.7 Å². The number of nitrogen functional groups attached to an aromatic ring is 1. The Morgan fingerprint density at radius 1 is 1.19 bits per heavy atom. The first kappa shape index (κ1) is 15.6. The number of hydrogen-bond acceptors (Lipinski definition) is 3. The minimum absolute atomic E-state index is 0.00989. The van der Waals surface area contributed by atoms with Gasteiger partial charge < -0.3 is 10.5 Å². The molecule has 1 aromatic carbocycles. The summed E-state index contributed by atoms with van der Waals surface area (Å²) in [5, 5.41) is 0.564. The van der Waals surface area contributed by atoms with Crippen LogP contribution in [0.2, 0.25) is 5.02 Å².